The summed E-state index contributed by atoms with van der Waals surface area (Å²) in [6.07, 6.45) is 0. The Kier molecular flexibility index (Phi) is 5.59. The fraction of sp³-hybridized carbons (Fsp3) is 0.133. The van der Waals surface area contributed by atoms with E-state index in [1.165, 1.54) is 23.9 Å². The molecule has 0 bridgehead atoms. The van der Waals surface area contributed by atoms with Gasteiger partial charge in [-0.15, -0.1) is 11.8 Å². The molecule has 6 heteroatoms. The maximum absolute atomic E-state index is 13.0. The van der Waals surface area contributed by atoms with Crippen molar-refractivity contribution in [3.8, 4) is 5.75 Å². The normalized spacial score (nSPS) is 10.2. The van der Waals surface area contributed by atoms with E-state index in [-0.39, 0.29) is 11.7 Å². The Bertz CT molecular complexity index is 605. The Morgan fingerprint density at radius 3 is 2.67 bits per heavy atom. The first kappa shape index (κ1) is 15.3. The first-order valence-corrected chi connectivity index (χ1v) is 7.30. The van der Waals surface area contributed by atoms with Gasteiger partial charge in [-0.3, -0.25) is 10.2 Å². The molecule has 0 unspecified atom stereocenters. The summed E-state index contributed by atoms with van der Waals surface area (Å²) >= 11 is 1.52. The summed E-state index contributed by atoms with van der Waals surface area (Å²) in [6.45, 7) is 0.490. The zero-order chi connectivity index (χ0) is 15.1. The summed E-state index contributed by atoms with van der Waals surface area (Å²) in [5.74, 6) is 5.83. The number of hydrogen-bond acceptors (Lipinski definition) is 4. The molecule has 0 atom stereocenters. The van der Waals surface area contributed by atoms with Crippen LogP contribution in [-0.2, 0) is 0 Å². The number of hydrogen-bond donors (Lipinski definition) is 2. The fourth-order valence-electron chi connectivity index (χ4n) is 1.66. The largest absolute Gasteiger partial charge is 0.493 e. The molecule has 110 valence electrons. The van der Waals surface area contributed by atoms with E-state index < -0.39 is 0 Å². The van der Waals surface area contributed by atoms with Crippen LogP contribution in [0.5, 0.6) is 5.75 Å². The van der Waals surface area contributed by atoms with Crippen LogP contribution in [0.1, 0.15) is 10.4 Å². The van der Waals surface area contributed by atoms with E-state index >= 15 is 0 Å². The van der Waals surface area contributed by atoms with Crippen molar-refractivity contribution in [3.05, 3.63) is 59.9 Å². The molecule has 2 aromatic rings. The average Bonchev–Trinajstić information content (AvgIpc) is 2.51. The van der Waals surface area contributed by atoms with E-state index in [0.29, 0.717) is 23.7 Å². The van der Waals surface area contributed by atoms with E-state index in [0.717, 1.165) is 4.90 Å². The zero-order valence-electron chi connectivity index (χ0n) is 11.2. The number of benzene rings is 2. The van der Waals surface area contributed by atoms with Crippen molar-refractivity contribution in [2.75, 3.05) is 12.4 Å². The summed E-state index contributed by atoms with van der Waals surface area (Å²) in [5.41, 5.74) is 2.53. The van der Waals surface area contributed by atoms with Gasteiger partial charge in [-0.2, -0.15) is 0 Å². The van der Waals surface area contributed by atoms with Crippen molar-refractivity contribution >= 4 is 17.7 Å². The van der Waals surface area contributed by atoms with Crippen LogP contribution in [0, 0.1) is 5.82 Å². The molecule has 0 fully saturated rings. The van der Waals surface area contributed by atoms with Crippen molar-refractivity contribution < 1.29 is 13.9 Å². The summed E-state index contributed by atoms with van der Waals surface area (Å²) in [6, 6.07) is 13.1. The first-order chi connectivity index (χ1) is 10.2. The number of hydrazine groups is 1. The summed E-state index contributed by atoms with van der Waals surface area (Å²) < 4.78 is 18.5. The minimum atomic E-state index is -0.344. The van der Waals surface area contributed by atoms with Gasteiger partial charge in [-0.25, -0.2) is 10.2 Å². The van der Waals surface area contributed by atoms with E-state index in [9.17, 15) is 9.18 Å². The Morgan fingerprint density at radius 2 is 2.00 bits per heavy atom. The van der Waals surface area contributed by atoms with E-state index in [1.807, 2.05) is 6.07 Å². The molecule has 0 saturated heterocycles. The maximum Gasteiger partial charge on any atom is 0.265 e. The topological polar surface area (TPSA) is 64.3 Å². The molecule has 0 aromatic heterocycles. The standard InChI is InChI=1S/C15H15FN2O2S/c16-12-2-1-3-14(10-12)21-9-8-20-13-6-4-11(5-7-13)15(19)18-17/h1-7,10H,8-9,17H2,(H,18,19). The van der Waals surface area contributed by atoms with Crippen molar-refractivity contribution in [2.45, 2.75) is 4.90 Å². The third kappa shape index (κ3) is 4.77. The van der Waals surface area contributed by atoms with Crippen LogP contribution in [0.2, 0.25) is 0 Å². The molecular formula is C15H15FN2O2S. The van der Waals surface area contributed by atoms with Gasteiger partial charge in [0.15, 0.2) is 0 Å². The van der Waals surface area contributed by atoms with Gasteiger partial charge in [0.25, 0.3) is 5.91 Å². The highest BCUT2D eigenvalue weighted by molar-refractivity contribution is 7.99. The monoisotopic (exact) mass is 306 g/mol. The van der Waals surface area contributed by atoms with Gasteiger partial charge in [-0.1, -0.05) is 6.07 Å². The molecule has 0 aliphatic rings. The Morgan fingerprint density at radius 1 is 1.24 bits per heavy atom. The highest BCUT2D eigenvalue weighted by Crippen LogP contribution is 2.19. The molecule has 1 amide bonds. The van der Waals surface area contributed by atoms with E-state index in [1.54, 1.807) is 30.3 Å². The molecule has 0 saturated carbocycles. The molecule has 2 aromatic carbocycles. The Hall–Kier alpha value is -2.05. The number of halogens is 1. The van der Waals surface area contributed by atoms with Crippen LogP contribution in [0.25, 0.3) is 0 Å². The van der Waals surface area contributed by atoms with E-state index in [2.05, 4.69) is 5.43 Å². The number of carbonyl (C=O) groups excluding carboxylic acids is 1. The summed E-state index contributed by atoms with van der Waals surface area (Å²) in [5, 5.41) is 0. The lowest BCUT2D eigenvalue weighted by Gasteiger charge is -2.07. The zero-order valence-corrected chi connectivity index (χ0v) is 12.0. The van der Waals surface area contributed by atoms with Crippen LogP contribution in [0.15, 0.2) is 53.4 Å². The molecule has 0 heterocycles. The van der Waals surface area contributed by atoms with Crippen LogP contribution in [0.4, 0.5) is 4.39 Å². The molecule has 0 aliphatic carbocycles. The second kappa shape index (κ2) is 7.66. The minimum absolute atomic E-state index is 0.241. The molecule has 0 spiro atoms. The van der Waals surface area contributed by atoms with Gasteiger partial charge >= 0.3 is 0 Å². The third-order valence-electron chi connectivity index (χ3n) is 2.66. The number of thioether (sulfide) groups is 1. The molecule has 0 radical (unpaired) electrons. The molecule has 4 nitrogen and oxygen atoms in total. The van der Waals surface area contributed by atoms with Gasteiger partial charge in [0, 0.05) is 16.2 Å². The number of rotatable bonds is 6. The van der Waals surface area contributed by atoms with Crippen molar-refractivity contribution in [1.29, 1.82) is 0 Å². The Balaban J connectivity index is 1.77. The van der Waals surface area contributed by atoms with Crippen LogP contribution >= 0.6 is 11.8 Å². The van der Waals surface area contributed by atoms with Crippen molar-refractivity contribution in [1.82, 2.24) is 5.43 Å². The molecule has 3 N–H and O–H groups in total. The van der Waals surface area contributed by atoms with Crippen LogP contribution in [-0.4, -0.2) is 18.3 Å². The van der Waals surface area contributed by atoms with Gasteiger partial charge in [0.1, 0.15) is 11.6 Å². The molecular weight excluding hydrogens is 291 g/mol. The third-order valence-corrected chi connectivity index (χ3v) is 3.62. The van der Waals surface area contributed by atoms with Crippen molar-refractivity contribution in [3.63, 3.8) is 0 Å². The molecule has 2 rings (SSSR count). The lowest BCUT2D eigenvalue weighted by molar-refractivity contribution is 0.0953. The second-order valence-electron chi connectivity index (χ2n) is 4.15. The van der Waals surface area contributed by atoms with E-state index in [4.69, 9.17) is 10.6 Å². The average molecular weight is 306 g/mol. The lowest BCUT2D eigenvalue weighted by atomic mass is 10.2. The Labute approximate surface area is 126 Å². The SMILES string of the molecule is NNC(=O)c1ccc(OCCSc2cccc(F)c2)cc1. The minimum Gasteiger partial charge on any atom is -0.493 e. The van der Waals surface area contributed by atoms with Gasteiger partial charge in [0.05, 0.1) is 6.61 Å². The quantitative estimate of drug-likeness (QED) is 0.283. The van der Waals surface area contributed by atoms with Crippen LogP contribution < -0.4 is 16.0 Å². The smallest absolute Gasteiger partial charge is 0.265 e. The lowest BCUT2D eigenvalue weighted by Crippen LogP contribution is -2.29. The summed E-state index contributed by atoms with van der Waals surface area (Å²) in [4.78, 5) is 12.1. The van der Waals surface area contributed by atoms with Crippen molar-refractivity contribution in [2.24, 2.45) is 5.84 Å². The van der Waals surface area contributed by atoms with Gasteiger partial charge in [-0.05, 0) is 42.5 Å². The number of ether oxygens (including phenoxy) is 1. The predicted molar refractivity (Wildman–Crippen MR) is 80.7 cm³/mol. The molecule has 0 aliphatic heterocycles. The van der Waals surface area contributed by atoms with Gasteiger partial charge < -0.3 is 4.74 Å². The van der Waals surface area contributed by atoms with Crippen LogP contribution in [0.3, 0.4) is 0 Å². The molecule has 21 heavy (non-hydrogen) atoms. The number of nitrogen functional groups attached to an aromatic ring is 1. The van der Waals surface area contributed by atoms with Gasteiger partial charge in [0.2, 0.25) is 0 Å². The highest BCUT2D eigenvalue weighted by Gasteiger charge is 2.03. The number of carbonyl (C=O) groups is 1. The number of nitrogens with one attached hydrogen (secondary N) is 1. The summed E-state index contributed by atoms with van der Waals surface area (Å²) in [7, 11) is 0. The highest BCUT2D eigenvalue weighted by atomic mass is 32.2. The second-order valence-corrected chi connectivity index (χ2v) is 5.32. The maximum atomic E-state index is 13.0. The fourth-order valence-corrected chi connectivity index (χ4v) is 2.43. The number of nitrogens with two attached hydrogens (primary N) is 1. The number of amides is 1. The first-order valence-electron chi connectivity index (χ1n) is 6.31. The predicted octanol–water partition coefficient (Wildman–Crippen LogP) is 2.60.